The van der Waals surface area contributed by atoms with Gasteiger partial charge in [-0.2, -0.15) is 0 Å². The second kappa shape index (κ2) is 5.87. The fraction of sp³-hybridized carbons (Fsp3) is 0.455. The number of rotatable bonds is 5. The number of hydrogen-bond acceptors (Lipinski definition) is 1. The first-order valence-electron chi connectivity index (χ1n) is 4.61. The van der Waals surface area contributed by atoms with E-state index in [9.17, 15) is 0 Å². The average Bonchev–Trinajstić information content (AvgIpc) is 2.14. The van der Waals surface area contributed by atoms with Gasteiger partial charge in [-0.15, -0.1) is 11.6 Å². The van der Waals surface area contributed by atoms with Gasteiger partial charge in [0.25, 0.3) is 0 Å². The van der Waals surface area contributed by atoms with Crippen LogP contribution in [0.5, 0.6) is 5.75 Å². The molecule has 0 fully saturated rings. The van der Waals surface area contributed by atoms with E-state index in [-0.39, 0.29) is 5.38 Å². The third-order valence-electron chi connectivity index (χ3n) is 1.76. The quantitative estimate of drug-likeness (QED) is 0.520. The molecule has 0 amide bonds. The average molecular weight is 199 g/mol. The zero-order valence-corrected chi connectivity index (χ0v) is 8.63. The molecule has 0 spiro atoms. The van der Waals surface area contributed by atoms with Crippen molar-refractivity contribution in [2.45, 2.75) is 25.1 Å². The fourth-order valence-corrected chi connectivity index (χ4v) is 1.23. The Bertz CT molecular complexity index is 221. The van der Waals surface area contributed by atoms with Gasteiger partial charge in [0.05, 0.1) is 6.61 Å². The molecule has 2 heteroatoms. The van der Waals surface area contributed by atoms with Gasteiger partial charge in [-0.1, -0.05) is 18.2 Å². The number of alkyl halides is 1. The maximum atomic E-state index is 5.80. The topological polar surface area (TPSA) is 9.23 Å². The lowest BCUT2D eigenvalue weighted by Crippen LogP contribution is -2.00. The van der Waals surface area contributed by atoms with Crippen LogP contribution in [0.4, 0.5) is 0 Å². The molecule has 1 aromatic carbocycles. The highest BCUT2D eigenvalue weighted by molar-refractivity contribution is 6.20. The molecule has 0 N–H and O–H groups in total. The molecule has 1 nitrogen and oxygen atoms in total. The van der Waals surface area contributed by atoms with E-state index >= 15 is 0 Å². The molecule has 0 saturated heterocycles. The Balaban J connectivity index is 2.13. The van der Waals surface area contributed by atoms with Gasteiger partial charge in [-0.05, 0) is 31.9 Å². The van der Waals surface area contributed by atoms with Crippen LogP contribution in [0, 0.1) is 0 Å². The minimum atomic E-state index is 0.249. The van der Waals surface area contributed by atoms with Crippen molar-refractivity contribution in [1.29, 1.82) is 0 Å². The van der Waals surface area contributed by atoms with Gasteiger partial charge in [0.2, 0.25) is 0 Å². The first-order chi connectivity index (χ1) is 6.29. The first-order valence-corrected chi connectivity index (χ1v) is 5.04. The van der Waals surface area contributed by atoms with Crippen molar-refractivity contribution in [3.05, 3.63) is 30.3 Å². The highest BCUT2D eigenvalue weighted by Gasteiger charge is 1.96. The number of para-hydroxylation sites is 1. The van der Waals surface area contributed by atoms with Gasteiger partial charge in [-0.3, -0.25) is 0 Å². The molecule has 1 rings (SSSR count). The minimum absolute atomic E-state index is 0.249. The molecule has 0 heterocycles. The van der Waals surface area contributed by atoms with Crippen LogP contribution in [-0.2, 0) is 0 Å². The Morgan fingerprint density at radius 2 is 2.00 bits per heavy atom. The summed E-state index contributed by atoms with van der Waals surface area (Å²) in [7, 11) is 0. The maximum Gasteiger partial charge on any atom is 0.119 e. The van der Waals surface area contributed by atoms with Gasteiger partial charge in [-0.25, -0.2) is 0 Å². The van der Waals surface area contributed by atoms with E-state index < -0.39 is 0 Å². The normalized spacial score (nSPS) is 12.5. The summed E-state index contributed by atoms with van der Waals surface area (Å²) in [4.78, 5) is 0. The van der Waals surface area contributed by atoms with Crippen molar-refractivity contribution in [3.63, 3.8) is 0 Å². The van der Waals surface area contributed by atoms with Crippen LogP contribution in [0.3, 0.4) is 0 Å². The molecule has 0 saturated carbocycles. The fourth-order valence-electron chi connectivity index (χ4n) is 1.07. The number of ether oxygens (including phenoxy) is 1. The molecular formula is C11H15ClO. The van der Waals surface area contributed by atoms with Crippen LogP contribution in [0.1, 0.15) is 19.8 Å². The third kappa shape index (κ3) is 4.79. The Labute approximate surface area is 84.7 Å². The van der Waals surface area contributed by atoms with Crippen molar-refractivity contribution in [2.24, 2.45) is 0 Å². The summed E-state index contributed by atoms with van der Waals surface area (Å²) >= 11 is 5.80. The molecule has 0 aliphatic heterocycles. The van der Waals surface area contributed by atoms with Crippen molar-refractivity contribution in [1.82, 2.24) is 0 Å². The molecule has 0 aromatic heterocycles. The lowest BCUT2D eigenvalue weighted by molar-refractivity contribution is 0.306. The lowest BCUT2D eigenvalue weighted by Gasteiger charge is -2.06. The van der Waals surface area contributed by atoms with Crippen molar-refractivity contribution in [2.75, 3.05) is 6.61 Å². The molecule has 1 atom stereocenters. The molecule has 72 valence electrons. The zero-order valence-electron chi connectivity index (χ0n) is 7.87. The van der Waals surface area contributed by atoms with E-state index in [1.54, 1.807) is 0 Å². The maximum absolute atomic E-state index is 5.80. The van der Waals surface area contributed by atoms with Crippen molar-refractivity contribution < 1.29 is 4.74 Å². The summed E-state index contributed by atoms with van der Waals surface area (Å²) in [5.74, 6) is 0.935. The van der Waals surface area contributed by atoms with Gasteiger partial charge < -0.3 is 4.74 Å². The summed E-state index contributed by atoms with van der Waals surface area (Å²) in [6, 6.07) is 9.85. The molecule has 0 bridgehead atoms. The standard InChI is InChI=1S/C11H15ClO/c1-10(12)6-5-9-13-11-7-3-2-4-8-11/h2-4,7-8,10H,5-6,9H2,1H3. The second-order valence-electron chi connectivity index (χ2n) is 3.08. The molecule has 0 aliphatic rings. The number of halogens is 1. The molecule has 13 heavy (non-hydrogen) atoms. The largest absolute Gasteiger partial charge is 0.494 e. The molecule has 0 radical (unpaired) electrons. The van der Waals surface area contributed by atoms with E-state index in [0.29, 0.717) is 0 Å². The number of benzene rings is 1. The Morgan fingerprint density at radius 1 is 1.31 bits per heavy atom. The van der Waals surface area contributed by atoms with Crippen LogP contribution in [0.25, 0.3) is 0 Å². The van der Waals surface area contributed by atoms with Gasteiger partial charge in [0.1, 0.15) is 5.75 Å². The molecule has 0 aliphatic carbocycles. The highest BCUT2D eigenvalue weighted by atomic mass is 35.5. The predicted octanol–water partition coefficient (Wildman–Crippen LogP) is 3.47. The van der Waals surface area contributed by atoms with E-state index in [0.717, 1.165) is 25.2 Å². The minimum Gasteiger partial charge on any atom is -0.494 e. The molecular weight excluding hydrogens is 184 g/mol. The predicted molar refractivity (Wildman–Crippen MR) is 56.5 cm³/mol. The summed E-state index contributed by atoms with van der Waals surface area (Å²) in [5, 5.41) is 0.249. The van der Waals surface area contributed by atoms with Gasteiger partial charge in [0, 0.05) is 5.38 Å². The number of hydrogen-bond donors (Lipinski definition) is 0. The van der Waals surface area contributed by atoms with Crippen molar-refractivity contribution in [3.8, 4) is 5.75 Å². The van der Waals surface area contributed by atoms with E-state index in [1.165, 1.54) is 0 Å². The van der Waals surface area contributed by atoms with Crippen LogP contribution in [0.15, 0.2) is 30.3 Å². The first kappa shape index (κ1) is 10.4. The zero-order chi connectivity index (χ0) is 9.52. The summed E-state index contributed by atoms with van der Waals surface area (Å²) in [6.45, 7) is 2.76. The van der Waals surface area contributed by atoms with Gasteiger partial charge in [0.15, 0.2) is 0 Å². The molecule has 1 aromatic rings. The van der Waals surface area contributed by atoms with Crippen LogP contribution >= 0.6 is 11.6 Å². The van der Waals surface area contributed by atoms with E-state index in [4.69, 9.17) is 16.3 Å². The van der Waals surface area contributed by atoms with E-state index in [1.807, 2.05) is 37.3 Å². The highest BCUT2D eigenvalue weighted by Crippen LogP contribution is 2.10. The Morgan fingerprint density at radius 3 is 2.62 bits per heavy atom. The van der Waals surface area contributed by atoms with E-state index in [2.05, 4.69) is 0 Å². The van der Waals surface area contributed by atoms with Crippen LogP contribution < -0.4 is 4.74 Å². The Kier molecular flexibility index (Phi) is 4.69. The second-order valence-corrected chi connectivity index (χ2v) is 3.83. The third-order valence-corrected chi connectivity index (χ3v) is 1.98. The van der Waals surface area contributed by atoms with Crippen molar-refractivity contribution >= 4 is 11.6 Å². The molecule has 1 unspecified atom stereocenters. The van der Waals surface area contributed by atoms with Crippen LogP contribution in [-0.4, -0.2) is 12.0 Å². The SMILES string of the molecule is CC(Cl)CCCOc1ccccc1. The smallest absolute Gasteiger partial charge is 0.119 e. The summed E-state index contributed by atoms with van der Waals surface area (Å²) in [6.07, 6.45) is 2.02. The summed E-state index contributed by atoms with van der Waals surface area (Å²) in [5.41, 5.74) is 0. The monoisotopic (exact) mass is 198 g/mol. The Hall–Kier alpha value is -0.690. The summed E-state index contributed by atoms with van der Waals surface area (Å²) < 4.78 is 5.50. The van der Waals surface area contributed by atoms with Crippen LogP contribution in [0.2, 0.25) is 0 Å². The van der Waals surface area contributed by atoms with Gasteiger partial charge >= 0.3 is 0 Å². The lowest BCUT2D eigenvalue weighted by atomic mass is 10.2.